The molecule has 1 unspecified atom stereocenters. The van der Waals surface area contributed by atoms with Crippen molar-refractivity contribution in [3.8, 4) is 0 Å². The van der Waals surface area contributed by atoms with Crippen LogP contribution in [0.25, 0.3) is 0 Å². The van der Waals surface area contributed by atoms with Gasteiger partial charge in [0.1, 0.15) is 11.6 Å². The lowest BCUT2D eigenvalue weighted by atomic mass is 10.1. The van der Waals surface area contributed by atoms with Crippen LogP contribution in [0.1, 0.15) is 30.6 Å². The molecule has 1 aromatic rings. The molecule has 0 fully saturated rings. The molecule has 0 aromatic heterocycles. The molecule has 0 aliphatic carbocycles. The first-order valence-electron chi connectivity index (χ1n) is 6.49. The normalized spacial score (nSPS) is 11.5. The maximum atomic E-state index is 12.1. The van der Waals surface area contributed by atoms with Gasteiger partial charge in [0.05, 0.1) is 4.92 Å². The van der Waals surface area contributed by atoms with E-state index in [1.165, 1.54) is 19.1 Å². The van der Waals surface area contributed by atoms with E-state index in [-0.39, 0.29) is 22.8 Å². The lowest BCUT2D eigenvalue weighted by molar-refractivity contribution is -0.385. The number of nitro benzene ring substituents is 1. The molecular formula is C13H18N4O4. The van der Waals surface area contributed by atoms with Gasteiger partial charge in [0.15, 0.2) is 0 Å². The molecule has 1 aromatic carbocycles. The maximum absolute atomic E-state index is 12.1. The van der Waals surface area contributed by atoms with Crippen LogP contribution in [0.4, 0.5) is 11.4 Å². The number of hydrogen-bond donors (Lipinski definition) is 3. The first-order valence-corrected chi connectivity index (χ1v) is 6.49. The Hall–Kier alpha value is -2.64. The Balaban J connectivity index is 2.87. The van der Waals surface area contributed by atoms with Crippen molar-refractivity contribution >= 4 is 23.2 Å². The highest BCUT2D eigenvalue weighted by Crippen LogP contribution is 2.21. The van der Waals surface area contributed by atoms with Gasteiger partial charge in [-0.25, -0.2) is 0 Å². The number of nitrogens with zero attached hydrogens (tertiary/aromatic N) is 1. The molecule has 0 saturated heterocycles. The first kappa shape index (κ1) is 16.4. The van der Waals surface area contributed by atoms with E-state index in [1.54, 1.807) is 0 Å². The Morgan fingerprint density at radius 3 is 2.67 bits per heavy atom. The number of nitro groups is 1. The molecule has 0 aliphatic rings. The van der Waals surface area contributed by atoms with Crippen LogP contribution in [0.2, 0.25) is 0 Å². The van der Waals surface area contributed by atoms with Gasteiger partial charge in [-0.05, 0) is 25.5 Å². The summed E-state index contributed by atoms with van der Waals surface area (Å²) in [6, 6.07) is 2.91. The molecule has 2 amide bonds. The standard InChI is InChI=1S/C13H18N4O4/c1-3-6-15-12(18)8(2)16-13(19)10-7-9(14)4-5-11(10)17(20)21/h4-5,7-8H,3,6,14H2,1-2H3,(H,15,18)(H,16,19). The lowest BCUT2D eigenvalue weighted by Crippen LogP contribution is -2.45. The zero-order chi connectivity index (χ0) is 16.0. The minimum Gasteiger partial charge on any atom is -0.399 e. The summed E-state index contributed by atoms with van der Waals surface area (Å²) in [6.07, 6.45) is 0.771. The summed E-state index contributed by atoms with van der Waals surface area (Å²) in [6.45, 7) is 3.90. The van der Waals surface area contributed by atoms with E-state index in [1.807, 2.05) is 6.92 Å². The largest absolute Gasteiger partial charge is 0.399 e. The molecule has 0 aliphatic heterocycles. The molecule has 0 saturated carbocycles. The van der Waals surface area contributed by atoms with Gasteiger partial charge in [0, 0.05) is 18.3 Å². The number of rotatable bonds is 6. The van der Waals surface area contributed by atoms with Crippen LogP contribution in [0, 0.1) is 10.1 Å². The van der Waals surface area contributed by atoms with Crippen LogP contribution >= 0.6 is 0 Å². The van der Waals surface area contributed by atoms with Gasteiger partial charge in [-0.2, -0.15) is 0 Å². The van der Waals surface area contributed by atoms with E-state index < -0.39 is 16.9 Å². The summed E-state index contributed by atoms with van der Waals surface area (Å²) in [5.41, 5.74) is 5.24. The number of hydrogen-bond acceptors (Lipinski definition) is 5. The number of carbonyl (C=O) groups excluding carboxylic acids is 2. The number of amides is 2. The molecule has 0 bridgehead atoms. The van der Waals surface area contributed by atoms with Gasteiger partial charge < -0.3 is 16.4 Å². The number of benzene rings is 1. The summed E-state index contributed by atoms with van der Waals surface area (Å²) in [7, 11) is 0. The molecule has 8 nitrogen and oxygen atoms in total. The smallest absolute Gasteiger partial charge is 0.282 e. The van der Waals surface area contributed by atoms with E-state index in [2.05, 4.69) is 10.6 Å². The van der Waals surface area contributed by atoms with E-state index in [9.17, 15) is 19.7 Å². The average molecular weight is 294 g/mol. The number of nitrogen functional groups attached to an aromatic ring is 1. The summed E-state index contributed by atoms with van der Waals surface area (Å²) in [4.78, 5) is 34.0. The van der Waals surface area contributed by atoms with Crippen LogP contribution < -0.4 is 16.4 Å². The summed E-state index contributed by atoms with van der Waals surface area (Å²) in [5, 5.41) is 15.9. The SMILES string of the molecule is CCCNC(=O)C(C)NC(=O)c1cc(N)ccc1[N+](=O)[O-]. The van der Waals surface area contributed by atoms with Crippen LogP contribution in [-0.4, -0.2) is 29.3 Å². The quantitative estimate of drug-likeness (QED) is 0.406. The number of nitrogens with one attached hydrogen (secondary N) is 2. The minimum absolute atomic E-state index is 0.171. The predicted molar refractivity (Wildman–Crippen MR) is 77.7 cm³/mol. The maximum Gasteiger partial charge on any atom is 0.282 e. The van der Waals surface area contributed by atoms with Crippen molar-refractivity contribution in [1.29, 1.82) is 0 Å². The van der Waals surface area contributed by atoms with Crippen molar-refractivity contribution in [3.05, 3.63) is 33.9 Å². The Kier molecular flexibility index (Phi) is 5.65. The van der Waals surface area contributed by atoms with Crippen molar-refractivity contribution in [2.75, 3.05) is 12.3 Å². The number of carbonyl (C=O) groups is 2. The molecule has 1 atom stereocenters. The highest BCUT2D eigenvalue weighted by Gasteiger charge is 2.23. The molecule has 1 rings (SSSR count). The van der Waals surface area contributed by atoms with Crippen LogP contribution in [0.15, 0.2) is 18.2 Å². The third kappa shape index (κ3) is 4.44. The molecule has 0 heterocycles. The number of anilines is 1. The van der Waals surface area contributed by atoms with Gasteiger partial charge in [0.2, 0.25) is 5.91 Å². The first-order chi connectivity index (χ1) is 9.86. The molecular weight excluding hydrogens is 276 g/mol. The van der Waals surface area contributed by atoms with Crippen molar-refractivity contribution in [2.45, 2.75) is 26.3 Å². The molecule has 0 radical (unpaired) electrons. The predicted octanol–water partition coefficient (Wildman–Crippen LogP) is 0.821. The fourth-order valence-corrected chi connectivity index (χ4v) is 1.64. The molecule has 0 spiro atoms. The third-order valence-corrected chi connectivity index (χ3v) is 2.75. The molecule has 4 N–H and O–H groups in total. The summed E-state index contributed by atoms with van der Waals surface area (Å²) in [5.74, 6) is -1.06. The average Bonchev–Trinajstić information content (AvgIpc) is 2.43. The van der Waals surface area contributed by atoms with Crippen molar-refractivity contribution in [1.82, 2.24) is 10.6 Å². The number of nitrogens with two attached hydrogens (primary N) is 1. The Labute approximate surface area is 121 Å². The lowest BCUT2D eigenvalue weighted by Gasteiger charge is -2.14. The highest BCUT2D eigenvalue weighted by atomic mass is 16.6. The summed E-state index contributed by atoms with van der Waals surface area (Å²) < 4.78 is 0. The highest BCUT2D eigenvalue weighted by molar-refractivity contribution is 6.01. The van der Waals surface area contributed by atoms with Gasteiger partial charge in [0.25, 0.3) is 11.6 Å². The topological polar surface area (TPSA) is 127 Å². The van der Waals surface area contributed by atoms with Gasteiger partial charge >= 0.3 is 0 Å². The zero-order valence-electron chi connectivity index (χ0n) is 11.9. The van der Waals surface area contributed by atoms with E-state index in [4.69, 9.17) is 5.73 Å². The van der Waals surface area contributed by atoms with E-state index in [0.717, 1.165) is 12.5 Å². The third-order valence-electron chi connectivity index (χ3n) is 2.75. The van der Waals surface area contributed by atoms with Gasteiger partial charge in [-0.1, -0.05) is 6.92 Å². The van der Waals surface area contributed by atoms with Crippen molar-refractivity contribution < 1.29 is 14.5 Å². The van der Waals surface area contributed by atoms with Crippen LogP contribution in [0.3, 0.4) is 0 Å². The second-order valence-electron chi connectivity index (χ2n) is 4.52. The van der Waals surface area contributed by atoms with Crippen molar-refractivity contribution in [2.24, 2.45) is 0 Å². The van der Waals surface area contributed by atoms with Crippen LogP contribution in [0.5, 0.6) is 0 Å². The molecule has 8 heteroatoms. The summed E-state index contributed by atoms with van der Waals surface area (Å²) >= 11 is 0. The van der Waals surface area contributed by atoms with Gasteiger partial charge in [-0.3, -0.25) is 19.7 Å². The Morgan fingerprint density at radius 1 is 1.43 bits per heavy atom. The second kappa shape index (κ2) is 7.22. The fraction of sp³-hybridized carbons (Fsp3) is 0.385. The van der Waals surface area contributed by atoms with Crippen molar-refractivity contribution in [3.63, 3.8) is 0 Å². The Bertz CT molecular complexity index is 559. The molecule has 21 heavy (non-hydrogen) atoms. The molecule has 114 valence electrons. The van der Waals surface area contributed by atoms with Crippen LogP contribution in [-0.2, 0) is 4.79 Å². The Morgan fingerprint density at radius 2 is 2.10 bits per heavy atom. The minimum atomic E-state index is -0.801. The van der Waals surface area contributed by atoms with E-state index in [0.29, 0.717) is 6.54 Å². The fourth-order valence-electron chi connectivity index (χ4n) is 1.64. The van der Waals surface area contributed by atoms with E-state index >= 15 is 0 Å². The zero-order valence-corrected chi connectivity index (χ0v) is 11.9. The monoisotopic (exact) mass is 294 g/mol. The second-order valence-corrected chi connectivity index (χ2v) is 4.52. The van der Waals surface area contributed by atoms with Gasteiger partial charge in [-0.15, -0.1) is 0 Å².